The lowest BCUT2D eigenvalue weighted by molar-refractivity contribution is 0.0613. The number of hydrogen-bond donors (Lipinski definition) is 1. The molecule has 2 aromatic heterocycles. The highest BCUT2D eigenvalue weighted by atomic mass is 32.2. The van der Waals surface area contributed by atoms with Gasteiger partial charge in [0.05, 0.1) is 10.9 Å². The smallest absolute Gasteiger partial charge is 0.282 e. The van der Waals surface area contributed by atoms with Crippen molar-refractivity contribution in [3.05, 3.63) is 18.6 Å². The number of nitrogens with one attached hydrogen (secondary N) is 1. The van der Waals surface area contributed by atoms with Crippen molar-refractivity contribution >= 4 is 27.1 Å². The summed E-state index contributed by atoms with van der Waals surface area (Å²) in [6, 6.07) is 1.98. The van der Waals surface area contributed by atoms with Crippen LogP contribution < -0.4 is 4.90 Å². The molecule has 0 amide bonds. The molecule has 3 fully saturated rings. The summed E-state index contributed by atoms with van der Waals surface area (Å²) < 4.78 is 35.5. The van der Waals surface area contributed by atoms with Crippen LogP contribution in [0.5, 0.6) is 0 Å². The topological polar surface area (TPSA) is 94.7 Å². The SMILES string of the molecule is CN(CC1CCOCC1)S(=O)(=O)N1CCN(c2ncnc3[nH]ccc23)CC12CC2. The van der Waals surface area contributed by atoms with Crippen LogP contribution in [0.2, 0.25) is 0 Å². The van der Waals surface area contributed by atoms with Crippen LogP contribution in [-0.2, 0) is 14.9 Å². The Morgan fingerprint density at radius 3 is 2.83 bits per heavy atom. The van der Waals surface area contributed by atoms with Crippen molar-refractivity contribution < 1.29 is 13.2 Å². The van der Waals surface area contributed by atoms with Crippen molar-refractivity contribution in [2.45, 2.75) is 31.2 Å². The molecule has 1 N–H and O–H groups in total. The Hall–Kier alpha value is -1.75. The van der Waals surface area contributed by atoms with Gasteiger partial charge in [-0.05, 0) is 37.7 Å². The zero-order valence-corrected chi connectivity index (χ0v) is 17.6. The van der Waals surface area contributed by atoms with Gasteiger partial charge in [0.1, 0.15) is 17.8 Å². The number of ether oxygens (including phenoxy) is 1. The van der Waals surface area contributed by atoms with Crippen molar-refractivity contribution in [1.29, 1.82) is 0 Å². The molecule has 0 atom stereocenters. The van der Waals surface area contributed by atoms with E-state index in [2.05, 4.69) is 19.9 Å². The van der Waals surface area contributed by atoms with E-state index in [1.54, 1.807) is 22.0 Å². The van der Waals surface area contributed by atoms with Gasteiger partial charge in [-0.3, -0.25) is 0 Å². The first-order valence-electron chi connectivity index (χ1n) is 10.3. The number of rotatable bonds is 5. The van der Waals surface area contributed by atoms with E-state index in [4.69, 9.17) is 4.74 Å². The minimum Gasteiger partial charge on any atom is -0.381 e. The van der Waals surface area contributed by atoms with Crippen molar-refractivity contribution in [3.63, 3.8) is 0 Å². The first kappa shape index (κ1) is 19.2. The molecule has 0 radical (unpaired) electrons. The Bertz CT molecular complexity index is 983. The van der Waals surface area contributed by atoms with Crippen molar-refractivity contribution in [3.8, 4) is 0 Å². The Kier molecular flexibility index (Phi) is 4.77. The second-order valence-electron chi connectivity index (χ2n) is 8.50. The van der Waals surface area contributed by atoms with Gasteiger partial charge in [0, 0.05) is 52.6 Å². The van der Waals surface area contributed by atoms with E-state index >= 15 is 0 Å². The van der Waals surface area contributed by atoms with E-state index in [1.165, 1.54) is 0 Å². The second-order valence-corrected chi connectivity index (χ2v) is 10.5. The van der Waals surface area contributed by atoms with Crippen LogP contribution in [0.1, 0.15) is 25.7 Å². The molecule has 29 heavy (non-hydrogen) atoms. The molecule has 0 unspecified atom stereocenters. The Balaban J connectivity index is 1.33. The van der Waals surface area contributed by atoms with Crippen LogP contribution in [-0.4, -0.2) is 84.0 Å². The largest absolute Gasteiger partial charge is 0.381 e. The summed E-state index contributed by atoms with van der Waals surface area (Å²) in [6.45, 7) is 3.81. The van der Waals surface area contributed by atoms with Gasteiger partial charge in [0.25, 0.3) is 10.2 Å². The average molecular weight is 421 g/mol. The number of fused-ring (bicyclic) bond motifs is 1. The maximum Gasteiger partial charge on any atom is 0.282 e. The quantitative estimate of drug-likeness (QED) is 0.782. The van der Waals surface area contributed by atoms with E-state index in [9.17, 15) is 8.42 Å². The zero-order chi connectivity index (χ0) is 20.1. The maximum atomic E-state index is 13.4. The van der Waals surface area contributed by atoms with Gasteiger partial charge < -0.3 is 14.6 Å². The molecule has 1 spiro atoms. The molecular formula is C19H28N6O3S. The van der Waals surface area contributed by atoms with Crippen LogP contribution in [0, 0.1) is 5.92 Å². The summed E-state index contributed by atoms with van der Waals surface area (Å²) in [7, 11) is -1.76. The van der Waals surface area contributed by atoms with Gasteiger partial charge in [0.15, 0.2) is 0 Å². The summed E-state index contributed by atoms with van der Waals surface area (Å²) in [5.74, 6) is 1.26. The lowest BCUT2D eigenvalue weighted by Crippen LogP contribution is -2.60. The standard InChI is InChI=1S/C19H28N6O3S/c1-23(12-15-3-10-28-11-4-15)29(26,27)25-9-8-24(13-19(25)5-6-19)18-16-2-7-20-17(16)21-14-22-18/h2,7,14-15H,3-6,8-13H2,1H3,(H,20,21,22). The predicted molar refractivity (Wildman–Crippen MR) is 110 cm³/mol. The zero-order valence-electron chi connectivity index (χ0n) is 16.7. The van der Waals surface area contributed by atoms with Gasteiger partial charge in [-0.15, -0.1) is 0 Å². The minimum atomic E-state index is -3.48. The van der Waals surface area contributed by atoms with E-state index < -0.39 is 10.2 Å². The summed E-state index contributed by atoms with van der Waals surface area (Å²) in [5.41, 5.74) is 0.500. The third-order valence-electron chi connectivity index (χ3n) is 6.58. The van der Waals surface area contributed by atoms with Crippen LogP contribution >= 0.6 is 0 Å². The average Bonchev–Trinajstić information content (AvgIpc) is 3.29. The van der Waals surface area contributed by atoms with Crippen molar-refractivity contribution in [2.75, 3.05) is 51.3 Å². The van der Waals surface area contributed by atoms with E-state index in [0.29, 0.717) is 32.1 Å². The number of hydrogen-bond acceptors (Lipinski definition) is 6. The van der Waals surface area contributed by atoms with Crippen molar-refractivity contribution in [1.82, 2.24) is 23.6 Å². The van der Waals surface area contributed by atoms with Crippen molar-refractivity contribution in [2.24, 2.45) is 5.92 Å². The number of aromatic nitrogens is 3. The lowest BCUT2D eigenvalue weighted by atomic mass is 10.0. The monoisotopic (exact) mass is 420 g/mol. The third kappa shape index (κ3) is 3.41. The summed E-state index contributed by atoms with van der Waals surface area (Å²) in [5, 5.41) is 0.983. The predicted octanol–water partition coefficient (Wildman–Crippen LogP) is 1.22. The molecular weight excluding hydrogens is 392 g/mol. The van der Waals surface area contributed by atoms with Crippen LogP contribution in [0.4, 0.5) is 5.82 Å². The van der Waals surface area contributed by atoms with Crippen LogP contribution in [0.3, 0.4) is 0 Å². The molecule has 2 aromatic rings. The second kappa shape index (κ2) is 7.19. The van der Waals surface area contributed by atoms with Crippen LogP contribution in [0.25, 0.3) is 11.0 Å². The number of H-pyrrole nitrogens is 1. The third-order valence-corrected chi connectivity index (χ3v) is 8.64. The summed E-state index contributed by atoms with van der Waals surface area (Å²) >= 11 is 0. The molecule has 1 aliphatic carbocycles. The normalized spacial score (nSPS) is 23.3. The van der Waals surface area contributed by atoms with Gasteiger partial charge in [-0.25, -0.2) is 9.97 Å². The number of aromatic amines is 1. The summed E-state index contributed by atoms with van der Waals surface area (Å²) in [6.07, 6.45) is 7.09. The Morgan fingerprint density at radius 1 is 1.28 bits per heavy atom. The fourth-order valence-corrected chi connectivity index (χ4v) is 6.50. The first-order chi connectivity index (χ1) is 14.0. The molecule has 10 heteroatoms. The molecule has 9 nitrogen and oxygen atoms in total. The fourth-order valence-electron chi connectivity index (χ4n) is 4.72. The van der Waals surface area contributed by atoms with E-state index in [-0.39, 0.29) is 5.54 Å². The first-order valence-corrected chi connectivity index (χ1v) is 11.7. The van der Waals surface area contributed by atoms with E-state index in [0.717, 1.165) is 55.7 Å². The van der Waals surface area contributed by atoms with Gasteiger partial charge in [-0.1, -0.05) is 0 Å². The highest BCUT2D eigenvalue weighted by Crippen LogP contribution is 2.47. The highest BCUT2D eigenvalue weighted by molar-refractivity contribution is 7.86. The number of nitrogens with zero attached hydrogens (tertiary/aromatic N) is 5. The van der Waals surface area contributed by atoms with Crippen LogP contribution in [0.15, 0.2) is 18.6 Å². The van der Waals surface area contributed by atoms with Gasteiger partial charge in [0.2, 0.25) is 0 Å². The van der Waals surface area contributed by atoms with Gasteiger partial charge in [-0.2, -0.15) is 17.0 Å². The molecule has 1 saturated carbocycles. The molecule has 2 aliphatic heterocycles. The highest BCUT2D eigenvalue weighted by Gasteiger charge is 2.56. The molecule has 0 bridgehead atoms. The lowest BCUT2D eigenvalue weighted by Gasteiger charge is -2.43. The maximum absolute atomic E-state index is 13.4. The number of anilines is 1. The Morgan fingerprint density at radius 2 is 2.07 bits per heavy atom. The fraction of sp³-hybridized carbons (Fsp3) is 0.684. The molecule has 158 valence electrons. The molecule has 2 saturated heterocycles. The van der Waals surface area contributed by atoms with Gasteiger partial charge >= 0.3 is 0 Å². The molecule has 4 heterocycles. The Labute approximate surface area is 171 Å². The summed E-state index contributed by atoms with van der Waals surface area (Å²) in [4.78, 5) is 14.1. The molecule has 5 rings (SSSR count). The minimum absolute atomic E-state index is 0.311. The van der Waals surface area contributed by atoms with E-state index in [1.807, 2.05) is 12.3 Å². The molecule has 3 aliphatic rings. The number of piperazine rings is 1. The molecule has 0 aromatic carbocycles.